The molecular weight excluding hydrogens is 478 g/mol. The molecule has 0 radical (unpaired) electrons. The zero-order valence-electron chi connectivity index (χ0n) is 20.2. The Bertz CT molecular complexity index is 1340. The van der Waals surface area contributed by atoms with E-state index in [-0.39, 0.29) is 17.2 Å². The predicted molar refractivity (Wildman–Crippen MR) is 139 cm³/mol. The van der Waals surface area contributed by atoms with Crippen LogP contribution in [0.2, 0.25) is 0 Å². The van der Waals surface area contributed by atoms with Crippen molar-refractivity contribution in [2.45, 2.75) is 37.1 Å². The first kappa shape index (κ1) is 25.4. The summed E-state index contributed by atoms with van der Waals surface area (Å²) in [7, 11) is -2.47. The van der Waals surface area contributed by atoms with E-state index >= 15 is 0 Å². The van der Waals surface area contributed by atoms with Gasteiger partial charge in [-0.1, -0.05) is 37.3 Å². The van der Waals surface area contributed by atoms with E-state index in [9.17, 15) is 18.0 Å². The van der Waals surface area contributed by atoms with Crippen molar-refractivity contribution in [3.63, 3.8) is 0 Å². The summed E-state index contributed by atoms with van der Waals surface area (Å²) in [6.45, 7) is 2.33. The third kappa shape index (κ3) is 5.75. The highest BCUT2D eigenvalue weighted by Gasteiger charge is 2.29. The molecule has 1 aliphatic heterocycles. The van der Waals surface area contributed by atoms with E-state index in [0.717, 1.165) is 16.8 Å². The lowest BCUT2D eigenvalue weighted by atomic mass is 10.1. The fraction of sp³-hybridized carbons (Fsp3) is 0.259. The number of amides is 2. The Hall–Kier alpha value is -3.69. The highest BCUT2D eigenvalue weighted by atomic mass is 32.2. The van der Waals surface area contributed by atoms with E-state index in [4.69, 9.17) is 4.74 Å². The van der Waals surface area contributed by atoms with E-state index in [1.807, 2.05) is 30.3 Å². The monoisotopic (exact) mass is 507 g/mol. The van der Waals surface area contributed by atoms with E-state index < -0.39 is 22.0 Å². The van der Waals surface area contributed by atoms with Crippen molar-refractivity contribution < 1.29 is 22.7 Å². The van der Waals surface area contributed by atoms with Crippen LogP contribution in [-0.4, -0.2) is 39.9 Å². The van der Waals surface area contributed by atoms with E-state index in [0.29, 0.717) is 30.8 Å². The van der Waals surface area contributed by atoms with E-state index in [1.54, 1.807) is 55.3 Å². The maximum atomic E-state index is 13.4. The van der Waals surface area contributed by atoms with Gasteiger partial charge in [0, 0.05) is 24.3 Å². The quantitative estimate of drug-likeness (QED) is 0.461. The van der Waals surface area contributed by atoms with Crippen molar-refractivity contribution in [2.75, 3.05) is 23.9 Å². The van der Waals surface area contributed by atoms with Gasteiger partial charge in [0.05, 0.1) is 12.0 Å². The molecule has 3 aromatic carbocycles. The van der Waals surface area contributed by atoms with Gasteiger partial charge in [0.2, 0.25) is 21.8 Å². The van der Waals surface area contributed by atoms with Crippen LogP contribution in [0.1, 0.15) is 24.5 Å². The molecule has 4 rings (SSSR count). The SMILES string of the molecule is CCC(=O)N1CCc2cc(S(=O)(=O)N[C@H](Cc3ccccc3)C(=O)Nc3ccc(OC)cc3)ccc21. The Labute approximate surface area is 211 Å². The minimum Gasteiger partial charge on any atom is -0.497 e. The largest absolute Gasteiger partial charge is 0.497 e. The van der Waals surface area contributed by atoms with Gasteiger partial charge in [-0.25, -0.2) is 8.42 Å². The standard InChI is InChI=1S/C27H29N3O5S/c1-3-26(31)30-16-15-20-18-23(13-14-25(20)30)36(33,34)29-24(17-19-7-5-4-6-8-19)27(32)28-21-9-11-22(35-2)12-10-21/h4-14,18,24,29H,3,15-17H2,1-2H3,(H,28,32)/t24-/m1/s1. The summed E-state index contributed by atoms with van der Waals surface area (Å²) in [6.07, 6.45) is 1.13. The number of hydrogen-bond donors (Lipinski definition) is 2. The number of ether oxygens (including phenoxy) is 1. The number of hydrogen-bond acceptors (Lipinski definition) is 5. The van der Waals surface area contributed by atoms with Crippen LogP contribution in [0.15, 0.2) is 77.7 Å². The number of rotatable bonds is 9. The molecule has 9 heteroatoms. The average molecular weight is 508 g/mol. The first-order chi connectivity index (χ1) is 17.3. The molecule has 8 nitrogen and oxygen atoms in total. The number of sulfonamides is 1. The Morgan fingerprint density at radius 1 is 1.03 bits per heavy atom. The highest BCUT2D eigenvalue weighted by Crippen LogP contribution is 2.31. The Kier molecular flexibility index (Phi) is 7.71. The van der Waals surface area contributed by atoms with Crippen LogP contribution in [-0.2, 0) is 32.5 Å². The fourth-order valence-corrected chi connectivity index (χ4v) is 5.44. The van der Waals surface area contributed by atoms with Crippen LogP contribution in [0.5, 0.6) is 5.75 Å². The zero-order chi connectivity index (χ0) is 25.7. The lowest BCUT2D eigenvalue weighted by Gasteiger charge is -2.20. The number of benzene rings is 3. The summed E-state index contributed by atoms with van der Waals surface area (Å²) in [6, 6.07) is 19.7. The van der Waals surface area contributed by atoms with Gasteiger partial charge < -0.3 is 15.0 Å². The van der Waals surface area contributed by atoms with Gasteiger partial charge in [0.25, 0.3) is 0 Å². The van der Waals surface area contributed by atoms with Crippen molar-refractivity contribution in [1.29, 1.82) is 0 Å². The van der Waals surface area contributed by atoms with Crippen molar-refractivity contribution in [3.8, 4) is 5.75 Å². The molecule has 0 spiro atoms. The van der Waals surface area contributed by atoms with Crippen molar-refractivity contribution in [1.82, 2.24) is 4.72 Å². The van der Waals surface area contributed by atoms with Crippen LogP contribution < -0.4 is 19.7 Å². The van der Waals surface area contributed by atoms with Crippen molar-refractivity contribution in [2.24, 2.45) is 0 Å². The van der Waals surface area contributed by atoms with E-state index in [1.165, 1.54) is 6.07 Å². The third-order valence-electron chi connectivity index (χ3n) is 6.11. The smallest absolute Gasteiger partial charge is 0.242 e. The second-order valence-corrected chi connectivity index (χ2v) is 10.2. The fourth-order valence-electron chi connectivity index (χ4n) is 4.19. The van der Waals surface area contributed by atoms with Crippen LogP contribution in [0.3, 0.4) is 0 Å². The Morgan fingerprint density at radius 2 is 1.75 bits per heavy atom. The number of methoxy groups -OCH3 is 1. The second-order valence-electron chi connectivity index (χ2n) is 8.52. The number of carbonyl (C=O) groups is 2. The maximum Gasteiger partial charge on any atom is 0.242 e. The molecule has 2 amide bonds. The van der Waals surface area contributed by atoms with Gasteiger partial charge in [-0.05, 0) is 66.4 Å². The summed E-state index contributed by atoms with van der Waals surface area (Å²) in [5.74, 6) is 0.166. The number of nitrogens with one attached hydrogen (secondary N) is 2. The van der Waals surface area contributed by atoms with Gasteiger partial charge in [-0.15, -0.1) is 0 Å². The molecule has 1 aliphatic rings. The molecule has 0 aromatic heterocycles. The van der Waals surface area contributed by atoms with Crippen LogP contribution in [0, 0.1) is 0 Å². The minimum absolute atomic E-state index is 0.000565. The molecule has 0 saturated heterocycles. The zero-order valence-corrected chi connectivity index (χ0v) is 21.0. The van der Waals surface area contributed by atoms with Gasteiger partial charge in [0.1, 0.15) is 11.8 Å². The molecule has 0 bridgehead atoms. The summed E-state index contributed by atoms with van der Waals surface area (Å²) in [5.41, 5.74) is 2.87. The van der Waals surface area contributed by atoms with Gasteiger partial charge in [0.15, 0.2) is 0 Å². The first-order valence-electron chi connectivity index (χ1n) is 11.7. The van der Waals surface area contributed by atoms with Crippen LogP contribution in [0.25, 0.3) is 0 Å². The summed E-state index contributed by atoms with van der Waals surface area (Å²) >= 11 is 0. The maximum absolute atomic E-state index is 13.4. The lowest BCUT2D eigenvalue weighted by molar-refractivity contribution is -0.118. The van der Waals surface area contributed by atoms with Crippen molar-refractivity contribution in [3.05, 3.63) is 83.9 Å². The third-order valence-corrected chi connectivity index (χ3v) is 7.58. The van der Waals surface area contributed by atoms with Crippen molar-refractivity contribution >= 4 is 33.2 Å². The Morgan fingerprint density at radius 3 is 2.42 bits per heavy atom. The molecule has 0 fully saturated rings. The normalized spacial score (nSPS) is 13.7. The minimum atomic E-state index is -4.03. The molecule has 3 aromatic rings. The molecule has 0 saturated carbocycles. The molecular formula is C27H29N3O5S. The van der Waals surface area contributed by atoms with Gasteiger partial charge >= 0.3 is 0 Å². The number of fused-ring (bicyclic) bond motifs is 1. The number of carbonyl (C=O) groups excluding carboxylic acids is 2. The molecule has 1 atom stereocenters. The van der Waals surface area contributed by atoms with Crippen LogP contribution in [0.4, 0.5) is 11.4 Å². The van der Waals surface area contributed by atoms with E-state index in [2.05, 4.69) is 10.0 Å². The van der Waals surface area contributed by atoms with Gasteiger partial charge in [-0.2, -0.15) is 4.72 Å². The first-order valence-corrected chi connectivity index (χ1v) is 13.2. The van der Waals surface area contributed by atoms with Crippen LogP contribution >= 0.6 is 0 Å². The summed E-state index contributed by atoms with van der Waals surface area (Å²) in [5, 5.41) is 2.79. The average Bonchev–Trinajstić information content (AvgIpc) is 3.32. The number of anilines is 2. The molecule has 188 valence electrons. The predicted octanol–water partition coefficient (Wildman–Crippen LogP) is 3.52. The molecule has 1 heterocycles. The molecule has 2 N–H and O–H groups in total. The summed E-state index contributed by atoms with van der Waals surface area (Å²) < 4.78 is 34.5. The topological polar surface area (TPSA) is 105 Å². The molecule has 36 heavy (non-hydrogen) atoms. The van der Waals surface area contributed by atoms with Gasteiger partial charge in [-0.3, -0.25) is 9.59 Å². The second kappa shape index (κ2) is 10.9. The lowest BCUT2D eigenvalue weighted by Crippen LogP contribution is -2.45. The Balaban J connectivity index is 1.57. The number of nitrogens with zero attached hydrogens (tertiary/aromatic N) is 1. The molecule has 0 unspecified atom stereocenters. The summed E-state index contributed by atoms with van der Waals surface area (Å²) in [4.78, 5) is 27.1. The molecule has 0 aliphatic carbocycles. The highest BCUT2D eigenvalue weighted by molar-refractivity contribution is 7.89.